The molecule has 1 unspecified atom stereocenters. The van der Waals surface area contributed by atoms with Gasteiger partial charge in [0.25, 0.3) is 0 Å². The van der Waals surface area contributed by atoms with Gasteiger partial charge in [0.1, 0.15) is 0 Å². The number of benzene rings is 2. The first-order valence-corrected chi connectivity index (χ1v) is 8.96. The summed E-state index contributed by atoms with van der Waals surface area (Å²) in [5.41, 5.74) is 4.27. The van der Waals surface area contributed by atoms with Crippen molar-refractivity contribution in [3.05, 3.63) is 65.2 Å². The van der Waals surface area contributed by atoms with Gasteiger partial charge in [0, 0.05) is 4.90 Å². The van der Waals surface area contributed by atoms with Gasteiger partial charge in [-0.1, -0.05) is 48.9 Å². The summed E-state index contributed by atoms with van der Waals surface area (Å²) in [4.78, 5) is 1.35. The van der Waals surface area contributed by atoms with E-state index < -0.39 is 0 Å². The highest BCUT2D eigenvalue weighted by Gasteiger charge is 2.21. The van der Waals surface area contributed by atoms with Gasteiger partial charge in [-0.2, -0.15) is 0 Å². The highest BCUT2D eigenvalue weighted by Crippen LogP contribution is 2.38. The number of thioether (sulfide) groups is 1. The maximum absolute atomic E-state index is 3.50. The lowest BCUT2D eigenvalue weighted by molar-refractivity contribution is 0.419. The fourth-order valence-electron chi connectivity index (χ4n) is 3.14. The topological polar surface area (TPSA) is 12.0 Å². The summed E-state index contributed by atoms with van der Waals surface area (Å²) in [7, 11) is 2.05. The summed E-state index contributed by atoms with van der Waals surface area (Å²) in [6.07, 6.45) is 6.25. The molecule has 0 spiro atoms. The van der Waals surface area contributed by atoms with Crippen molar-refractivity contribution in [1.29, 1.82) is 0 Å². The molecule has 1 nitrogen and oxygen atoms in total. The molecular weight excluding hydrogens is 274 g/mol. The van der Waals surface area contributed by atoms with E-state index in [1.807, 2.05) is 11.8 Å². The van der Waals surface area contributed by atoms with E-state index in [0.29, 0.717) is 0 Å². The van der Waals surface area contributed by atoms with Gasteiger partial charge >= 0.3 is 0 Å². The van der Waals surface area contributed by atoms with Crippen LogP contribution in [0.5, 0.6) is 0 Å². The number of rotatable bonds is 5. The molecule has 0 aromatic heterocycles. The maximum Gasteiger partial charge on any atom is 0.0585 e. The molecule has 21 heavy (non-hydrogen) atoms. The molecule has 1 saturated carbocycles. The van der Waals surface area contributed by atoms with Crippen molar-refractivity contribution in [2.45, 2.75) is 36.1 Å². The molecule has 3 rings (SSSR count). The van der Waals surface area contributed by atoms with Crippen molar-refractivity contribution < 1.29 is 0 Å². The minimum Gasteiger partial charge on any atom is -0.309 e. The molecule has 110 valence electrons. The fourth-order valence-corrected chi connectivity index (χ4v) is 3.78. The minimum atomic E-state index is 0.272. The predicted molar refractivity (Wildman–Crippen MR) is 92.2 cm³/mol. The van der Waals surface area contributed by atoms with Crippen molar-refractivity contribution in [2.24, 2.45) is 0 Å². The van der Waals surface area contributed by atoms with E-state index in [0.717, 1.165) is 5.92 Å². The van der Waals surface area contributed by atoms with Gasteiger partial charge in [0.15, 0.2) is 0 Å². The van der Waals surface area contributed by atoms with Crippen LogP contribution in [0.25, 0.3) is 0 Å². The lowest BCUT2D eigenvalue weighted by Crippen LogP contribution is -2.19. The van der Waals surface area contributed by atoms with Crippen LogP contribution in [0.3, 0.4) is 0 Å². The van der Waals surface area contributed by atoms with Crippen molar-refractivity contribution in [2.75, 3.05) is 13.3 Å². The molecule has 0 radical (unpaired) electrons. The van der Waals surface area contributed by atoms with E-state index in [-0.39, 0.29) is 6.04 Å². The molecule has 1 aliphatic carbocycles. The summed E-state index contributed by atoms with van der Waals surface area (Å²) in [5, 5.41) is 3.50. The summed E-state index contributed by atoms with van der Waals surface area (Å²) < 4.78 is 0. The molecule has 2 aromatic rings. The van der Waals surface area contributed by atoms with Crippen molar-refractivity contribution in [1.82, 2.24) is 5.32 Å². The quantitative estimate of drug-likeness (QED) is 0.781. The van der Waals surface area contributed by atoms with Crippen molar-refractivity contribution >= 4 is 11.8 Å². The summed E-state index contributed by atoms with van der Waals surface area (Å²) in [6, 6.07) is 18.1. The average molecular weight is 297 g/mol. The Kier molecular flexibility index (Phi) is 4.67. The molecule has 1 atom stereocenters. The van der Waals surface area contributed by atoms with Crippen LogP contribution in [0.15, 0.2) is 53.4 Å². The van der Waals surface area contributed by atoms with Crippen LogP contribution in [0.4, 0.5) is 0 Å². The Morgan fingerprint density at radius 1 is 1.10 bits per heavy atom. The van der Waals surface area contributed by atoms with Crippen LogP contribution < -0.4 is 5.32 Å². The highest BCUT2D eigenvalue weighted by molar-refractivity contribution is 7.98. The van der Waals surface area contributed by atoms with Gasteiger partial charge in [-0.25, -0.2) is 0 Å². The molecule has 0 aliphatic heterocycles. The maximum atomic E-state index is 3.50. The van der Waals surface area contributed by atoms with Crippen molar-refractivity contribution in [3.8, 4) is 0 Å². The van der Waals surface area contributed by atoms with Crippen molar-refractivity contribution in [3.63, 3.8) is 0 Å². The zero-order valence-corrected chi connectivity index (χ0v) is 13.6. The first kappa shape index (κ1) is 14.7. The van der Waals surface area contributed by atoms with Crippen LogP contribution in [0.2, 0.25) is 0 Å². The van der Waals surface area contributed by atoms with E-state index in [4.69, 9.17) is 0 Å². The Balaban J connectivity index is 1.95. The number of nitrogens with one attached hydrogen (secondary N) is 1. The molecule has 0 saturated heterocycles. The molecule has 0 bridgehead atoms. The number of hydrogen-bond donors (Lipinski definition) is 1. The molecule has 2 heteroatoms. The van der Waals surface area contributed by atoms with Crippen LogP contribution in [-0.2, 0) is 0 Å². The smallest absolute Gasteiger partial charge is 0.0585 e. The van der Waals surface area contributed by atoms with E-state index >= 15 is 0 Å². The van der Waals surface area contributed by atoms with E-state index in [1.165, 1.54) is 40.8 Å². The Bertz CT molecular complexity index is 604. The summed E-state index contributed by atoms with van der Waals surface area (Å²) in [6.45, 7) is 0. The van der Waals surface area contributed by atoms with Crippen LogP contribution in [0, 0.1) is 0 Å². The molecule has 0 heterocycles. The Morgan fingerprint density at radius 2 is 1.90 bits per heavy atom. The first-order chi connectivity index (χ1) is 10.3. The molecule has 1 N–H and O–H groups in total. The standard InChI is InChI=1S/C19H23NS/c1-20-19(17-11-3-4-12-18(17)21-2)16-10-6-9-15(13-16)14-7-5-8-14/h3-4,6,9-14,19-20H,5,7-8H2,1-2H3. The monoisotopic (exact) mass is 297 g/mol. The SMILES string of the molecule is CNC(c1cccc(C2CCC2)c1)c1ccccc1SC. The first-order valence-electron chi connectivity index (χ1n) is 7.73. The Morgan fingerprint density at radius 3 is 2.57 bits per heavy atom. The predicted octanol–water partition coefficient (Wildman–Crippen LogP) is 4.98. The zero-order chi connectivity index (χ0) is 14.7. The van der Waals surface area contributed by atoms with Gasteiger partial charge in [-0.05, 0) is 54.8 Å². The van der Waals surface area contributed by atoms with Gasteiger partial charge in [-0.15, -0.1) is 11.8 Å². The van der Waals surface area contributed by atoms with Crippen LogP contribution >= 0.6 is 11.8 Å². The van der Waals surface area contributed by atoms with Gasteiger partial charge in [-0.3, -0.25) is 0 Å². The van der Waals surface area contributed by atoms with Gasteiger partial charge < -0.3 is 5.32 Å². The van der Waals surface area contributed by atoms with Crippen LogP contribution in [0.1, 0.15) is 47.9 Å². The van der Waals surface area contributed by atoms with Gasteiger partial charge in [0.2, 0.25) is 0 Å². The van der Waals surface area contributed by atoms with E-state index in [9.17, 15) is 0 Å². The zero-order valence-electron chi connectivity index (χ0n) is 12.8. The van der Waals surface area contributed by atoms with E-state index in [1.54, 1.807) is 0 Å². The van der Waals surface area contributed by atoms with Crippen LogP contribution in [-0.4, -0.2) is 13.3 Å². The third-order valence-corrected chi connectivity index (χ3v) is 5.37. The summed E-state index contributed by atoms with van der Waals surface area (Å²) >= 11 is 1.82. The molecule has 0 amide bonds. The minimum absolute atomic E-state index is 0.272. The molecule has 1 aliphatic rings. The largest absolute Gasteiger partial charge is 0.309 e. The fraction of sp³-hybridized carbons (Fsp3) is 0.368. The lowest BCUT2D eigenvalue weighted by atomic mass is 9.79. The summed E-state index contributed by atoms with van der Waals surface area (Å²) in [5.74, 6) is 0.790. The number of hydrogen-bond acceptors (Lipinski definition) is 2. The van der Waals surface area contributed by atoms with E-state index in [2.05, 4.69) is 67.2 Å². The molecular formula is C19H23NS. The second kappa shape index (κ2) is 6.67. The second-order valence-corrected chi connectivity index (χ2v) is 6.61. The molecule has 2 aromatic carbocycles. The second-order valence-electron chi connectivity index (χ2n) is 5.76. The third kappa shape index (κ3) is 3.02. The lowest BCUT2D eigenvalue weighted by Gasteiger charge is -2.27. The molecule has 1 fully saturated rings. The third-order valence-electron chi connectivity index (χ3n) is 4.56. The average Bonchev–Trinajstić information content (AvgIpc) is 2.47. The van der Waals surface area contributed by atoms with Gasteiger partial charge in [0.05, 0.1) is 6.04 Å². The Labute approximate surface area is 132 Å². The highest BCUT2D eigenvalue weighted by atomic mass is 32.2. The normalized spacial score (nSPS) is 16.5. The Hall–Kier alpha value is -1.25.